The van der Waals surface area contributed by atoms with E-state index in [0.717, 1.165) is 28.0 Å². The molecular formula is C29H32N6O3. The second kappa shape index (κ2) is 11.2. The van der Waals surface area contributed by atoms with E-state index in [4.69, 9.17) is 4.74 Å². The van der Waals surface area contributed by atoms with Gasteiger partial charge in [-0.15, -0.1) is 0 Å². The first kappa shape index (κ1) is 25.1. The van der Waals surface area contributed by atoms with Crippen LogP contribution in [0.25, 0.3) is 10.9 Å². The Hall–Kier alpha value is -4.53. The molecule has 0 bridgehead atoms. The van der Waals surface area contributed by atoms with E-state index in [1.165, 1.54) is 0 Å². The van der Waals surface area contributed by atoms with Gasteiger partial charge in [0.05, 0.1) is 11.3 Å². The number of ether oxygens (including phenoxy) is 1. The van der Waals surface area contributed by atoms with E-state index in [-0.39, 0.29) is 12.5 Å². The maximum Gasteiger partial charge on any atom is 0.411 e. The minimum Gasteiger partial charge on any atom is -0.444 e. The molecule has 9 nitrogen and oxygen atoms in total. The fraction of sp³-hybridized carbons (Fsp3) is 0.276. The number of piperazine rings is 1. The summed E-state index contributed by atoms with van der Waals surface area (Å²) in [5.41, 5.74) is 3.88. The van der Waals surface area contributed by atoms with Gasteiger partial charge in [-0.2, -0.15) is 0 Å². The van der Waals surface area contributed by atoms with Gasteiger partial charge in [-0.05, 0) is 49.7 Å². The van der Waals surface area contributed by atoms with Crippen LogP contribution in [-0.2, 0) is 11.3 Å². The molecule has 0 unspecified atom stereocenters. The van der Waals surface area contributed by atoms with E-state index in [1.807, 2.05) is 53.4 Å². The van der Waals surface area contributed by atoms with Crippen LogP contribution in [0.1, 0.15) is 29.8 Å². The Balaban J connectivity index is 1.23. The van der Waals surface area contributed by atoms with Crippen molar-refractivity contribution in [2.45, 2.75) is 26.5 Å². The molecule has 9 heteroatoms. The van der Waals surface area contributed by atoms with E-state index < -0.39 is 6.09 Å². The molecule has 2 amide bonds. The molecule has 1 fully saturated rings. The Morgan fingerprint density at radius 2 is 1.82 bits per heavy atom. The molecule has 2 aromatic heterocycles. The zero-order valence-corrected chi connectivity index (χ0v) is 21.6. The highest BCUT2D eigenvalue weighted by atomic mass is 16.5. The molecule has 5 rings (SSSR count). The van der Waals surface area contributed by atoms with Crippen molar-refractivity contribution < 1.29 is 14.3 Å². The second-order valence-corrected chi connectivity index (χ2v) is 9.60. The molecule has 0 atom stereocenters. The highest BCUT2D eigenvalue weighted by Gasteiger charge is 2.26. The number of amides is 2. The van der Waals surface area contributed by atoms with Crippen LogP contribution in [0.5, 0.6) is 0 Å². The van der Waals surface area contributed by atoms with Gasteiger partial charge < -0.3 is 24.8 Å². The predicted molar refractivity (Wildman–Crippen MR) is 150 cm³/mol. The first-order valence-electron chi connectivity index (χ1n) is 12.8. The van der Waals surface area contributed by atoms with Crippen molar-refractivity contribution in [1.82, 2.24) is 14.9 Å². The normalized spacial score (nSPS) is 13.6. The number of hydrogen-bond donors (Lipinski definition) is 3. The number of nitrogens with zero attached hydrogens (tertiary/aromatic N) is 3. The van der Waals surface area contributed by atoms with Gasteiger partial charge in [0.1, 0.15) is 6.61 Å². The molecular weight excluding hydrogens is 480 g/mol. The number of rotatable bonds is 7. The minimum atomic E-state index is -0.548. The molecule has 1 aliphatic rings. The molecule has 2 aromatic carbocycles. The van der Waals surface area contributed by atoms with Gasteiger partial charge in [0.2, 0.25) is 0 Å². The van der Waals surface area contributed by atoms with Gasteiger partial charge in [0, 0.05) is 61.2 Å². The van der Waals surface area contributed by atoms with Crippen LogP contribution in [-0.4, -0.2) is 59.1 Å². The van der Waals surface area contributed by atoms with E-state index >= 15 is 0 Å². The molecule has 3 N–H and O–H groups in total. The third-order valence-electron chi connectivity index (χ3n) is 6.47. The lowest BCUT2D eigenvalue weighted by Crippen LogP contribution is -2.49. The first-order valence-corrected chi connectivity index (χ1v) is 12.8. The highest BCUT2D eigenvalue weighted by Crippen LogP contribution is 2.27. The number of nitrogens with one attached hydrogen (secondary N) is 3. The van der Waals surface area contributed by atoms with Crippen LogP contribution >= 0.6 is 0 Å². The minimum absolute atomic E-state index is 0.0405. The number of carbonyl (C=O) groups is 2. The number of anilines is 3. The number of aromatic nitrogens is 2. The summed E-state index contributed by atoms with van der Waals surface area (Å²) in [4.78, 5) is 37.6. The standard InChI is InChI=1S/C29H32N6O3/c1-20(2)32-26-9-6-12-30-27(26)34-13-15-35(16-14-34)28(36)24-18-31-25-11-10-22(17-23(24)25)33-29(37)38-19-21-7-4-3-5-8-21/h3-12,17-18,20,31-32H,13-16,19H2,1-2H3,(H,33,37). The lowest BCUT2D eigenvalue weighted by Gasteiger charge is -2.36. The fourth-order valence-corrected chi connectivity index (χ4v) is 4.62. The Morgan fingerprint density at radius 3 is 2.58 bits per heavy atom. The Bertz CT molecular complexity index is 1410. The smallest absolute Gasteiger partial charge is 0.411 e. The lowest BCUT2D eigenvalue weighted by atomic mass is 10.1. The number of benzene rings is 2. The summed E-state index contributed by atoms with van der Waals surface area (Å²) in [6.45, 7) is 6.95. The highest BCUT2D eigenvalue weighted by molar-refractivity contribution is 6.08. The van der Waals surface area contributed by atoms with Gasteiger partial charge in [-0.25, -0.2) is 9.78 Å². The van der Waals surface area contributed by atoms with Crippen molar-refractivity contribution in [3.8, 4) is 0 Å². The molecule has 1 aliphatic heterocycles. The van der Waals surface area contributed by atoms with Gasteiger partial charge >= 0.3 is 6.09 Å². The third kappa shape index (κ3) is 5.72. The molecule has 38 heavy (non-hydrogen) atoms. The zero-order chi connectivity index (χ0) is 26.5. The van der Waals surface area contributed by atoms with Crippen molar-refractivity contribution in [3.05, 3.63) is 84.2 Å². The number of carbonyl (C=O) groups excluding carboxylic acids is 2. The van der Waals surface area contributed by atoms with Gasteiger partial charge in [0.15, 0.2) is 5.82 Å². The summed E-state index contributed by atoms with van der Waals surface area (Å²) in [6, 6.07) is 19.2. The number of H-pyrrole nitrogens is 1. The summed E-state index contributed by atoms with van der Waals surface area (Å²) in [5.74, 6) is 0.872. The van der Waals surface area contributed by atoms with Crippen molar-refractivity contribution >= 4 is 40.1 Å². The quantitative estimate of drug-likeness (QED) is 0.319. The largest absolute Gasteiger partial charge is 0.444 e. The second-order valence-electron chi connectivity index (χ2n) is 9.60. The van der Waals surface area contributed by atoms with Gasteiger partial charge in [-0.3, -0.25) is 10.1 Å². The summed E-state index contributed by atoms with van der Waals surface area (Å²) >= 11 is 0. The van der Waals surface area contributed by atoms with Crippen LogP contribution in [0.2, 0.25) is 0 Å². The molecule has 1 saturated heterocycles. The SMILES string of the molecule is CC(C)Nc1cccnc1N1CCN(C(=O)c2c[nH]c3ccc(NC(=O)OCc4ccccc4)cc23)CC1. The van der Waals surface area contributed by atoms with Crippen molar-refractivity contribution in [3.63, 3.8) is 0 Å². The summed E-state index contributed by atoms with van der Waals surface area (Å²) in [6.07, 6.45) is 2.99. The molecule has 0 saturated carbocycles. The zero-order valence-electron chi connectivity index (χ0n) is 21.6. The number of pyridine rings is 1. The fourth-order valence-electron chi connectivity index (χ4n) is 4.62. The van der Waals surface area contributed by atoms with E-state index in [1.54, 1.807) is 24.5 Å². The molecule has 3 heterocycles. The van der Waals surface area contributed by atoms with E-state index in [0.29, 0.717) is 43.5 Å². The molecule has 4 aromatic rings. The van der Waals surface area contributed by atoms with Crippen molar-refractivity contribution in [1.29, 1.82) is 0 Å². The van der Waals surface area contributed by atoms with E-state index in [2.05, 4.69) is 39.3 Å². The predicted octanol–water partition coefficient (Wildman–Crippen LogP) is 5.09. The number of fused-ring (bicyclic) bond motifs is 1. The monoisotopic (exact) mass is 512 g/mol. The van der Waals surface area contributed by atoms with Crippen LogP contribution in [0.15, 0.2) is 73.1 Å². The van der Waals surface area contributed by atoms with Crippen molar-refractivity contribution in [2.75, 3.05) is 41.7 Å². The average molecular weight is 513 g/mol. The van der Waals surface area contributed by atoms with Crippen LogP contribution < -0.4 is 15.5 Å². The lowest BCUT2D eigenvalue weighted by molar-refractivity contribution is 0.0748. The Labute approximate surface area is 221 Å². The topological polar surface area (TPSA) is 103 Å². The number of aromatic amines is 1. The van der Waals surface area contributed by atoms with E-state index in [9.17, 15) is 9.59 Å². The average Bonchev–Trinajstić information content (AvgIpc) is 3.35. The molecule has 0 radical (unpaired) electrons. The Kier molecular flexibility index (Phi) is 7.44. The van der Waals surface area contributed by atoms with Gasteiger partial charge in [-0.1, -0.05) is 30.3 Å². The molecule has 0 spiro atoms. The third-order valence-corrected chi connectivity index (χ3v) is 6.47. The molecule has 196 valence electrons. The van der Waals surface area contributed by atoms with Crippen LogP contribution in [0, 0.1) is 0 Å². The van der Waals surface area contributed by atoms with Crippen molar-refractivity contribution in [2.24, 2.45) is 0 Å². The first-order chi connectivity index (χ1) is 18.5. The summed E-state index contributed by atoms with van der Waals surface area (Å²) in [7, 11) is 0. The summed E-state index contributed by atoms with van der Waals surface area (Å²) in [5, 5.41) is 6.97. The van der Waals surface area contributed by atoms with Gasteiger partial charge in [0.25, 0.3) is 5.91 Å². The summed E-state index contributed by atoms with van der Waals surface area (Å²) < 4.78 is 5.33. The maximum absolute atomic E-state index is 13.5. The number of hydrogen-bond acceptors (Lipinski definition) is 6. The maximum atomic E-state index is 13.5. The van der Waals surface area contributed by atoms with Crippen LogP contribution in [0.4, 0.5) is 22.0 Å². The molecule has 0 aliphatic carbocycles. The Morgan fingerprint density at radius 1 is 1.03 bits per heavy atom. The van der Waals surface area contributed by atoms with Crippen LogP contribution in [0.3, 0.4) is 0 Å².